The van der Waals surface area contributed by atoms with Gasteiger partial charge in [-0.15, -0.1) is 0 Å². The standard InChI is InChI=1S/C19H14BrClN2O2/c1-10-6-11-7-12(20)8-13-17(11)23(10)9-14(18(13)24)19(25)22-16-5-3-2-4-15(16)21/h2-5,7-10H,6H2,1H3,(H,22,25)/t10-/m1/s1. The summed E-state index contributed by atoms with van der Waals surface area (Å²) in [6.07, 6.45) is 2.50. The fourth-order valence-electron chi connectivity index (χ4n) is 3.37. The Balaban J connectivity index is 1.87. The molecule has 1 aromatic heterocycles. The highest BCUT2D eigenvalue weighted by Gasteiger charge is 2.25. The second-order valence-electron chi connectivity index (χ2n) is 6.23. The summed E-state index contributed by atoms with van der Waals surface area (Å²) in [7, 11) is 0. The number of rotatable bonds is 2. The van der Waals surface area contributed by atoms with Crippen molar-refractivity contribution >= 4 is 50.0 Å². The molecule has 0 saturated carbocycles. The van der Waals surface area contributed by atoms with Gasteiger partial charge in [-0.2, -0.15) is 0 Å². The normalized spacial score (nSPS) is 15.6. The van der Waals surface area contributed by atoms with E-state index in [4.69, 9.17) is 11.6 Å². The molecule has 0 fully saturated rings. The summed E-state index contributed by atoms with van der Waals surface area (Å²) in [5.41, 5.74) is 2.36. The number of para-hydroxylation sites is 1. The molecule has 0 bridgehead atoms. The lowest BCUT2D eigenvalue weighted by Gasteiger charge is -2.13. The maximum absolute atomic E-state index is 12.9. The van der Waals surface area contributed by atoms with Crippen molar-refractivity contribution in [1.82, 2.24) is 4.57 Å². The number of anilines is 1. The first-order valence-corrected chi connectivity index (χ1v) is 9.06. The third kappa shape index (κ3) is 2.68. The molecule has 1 atom stereocenters. The quantitative estimate of drug-likeness (QED) is 0.652. The summed E-state index contributed by atoms with van der Waals surface area (Å²) in [5, 5.41) is 3.72. The largest absolute Gasteiger partial charge is 0.343 e. The van der Waals surface area contributed by atoms with Crippen molar-refractivity contribution in [3.8, 4) is 0 Å². The van der Waals surface area contributed by atoms with Gasteiger partial charge in [0.05, 0.1) is 16.2 Å². The molecule has 1 aliphatic heterocycles. The molecule has 4 nitrogen and oxygen atoms in total. The van der Waals surface area contributed by atoms with Gasteiger partial charge >= 0.3 is 0 Å². The smallest absolute Gasteiger partial charge is 0.261 e. The van der Waals surface area contributed by atoms with Crippen LogP contribution in [-0.2, 0) is 6.42 Å². The fourth-order valence-corrected chi connectivity index (χ4v) is 4.06. The topological polar surface area (TPSA) is 51.1 Å². The summed E-state index contributed by atoms with van der Waals surface area (Å²) in [5.74, 6) is -0.454. The van der Waals surface area contributed by atoms with Gasteiger partial charge in [0.25, 0.3) is 5.91 Å². The number of hydrogen-bond acceptors (Lipinski definition) is 2. The van der Waals surface area contributed by atoms with Crippen LogP contribution in [-0.4, -0.2) is 10.5 Å². The Hall–Kier alpha value is -2.11. The molecule has 0 radical (unpaired) electrons. The molecule has 0 aliphatic carbocycles. The highest BCUT2D eigenvalue weighted by Crippen LogP contribution is 2.33. The Morgan fingerprint density at radius 2 is 2.08 bits per heavy atom. The molecule has 2 aromatic carbocycles. The SMILES string of the molecule is C[C@@H]1Cc2cc(Br)cc3c(=O)c(C(=O)Nc4ccccc4Cl)cn1c23. The van der Waals surface area contributed by atoms with Crippen molar-refractivity contribution in [2.24, 2.45) is 0 Å². The molecule has 25 heavy (non-hydrogen) atoms. The number of carbonyl (C=O) groups excluding carboxylic acids is 1. The first kappa shape index (κ1) is 16.4. The van der Waals surface area contributed by atoms with Crippen LogP contribution in [0.15, 0.2) is 51.9 Å². The average molecular weight is 418 g/mol. The molecular formula is C19H14BrClN2O2. The lowest BCUT2D eigenvalue weighted by atomic mass is 10.1. The molecule has 1 aliphatic rings. The predicted molar refractivity (Wildman–Crippen MR) is 104 cm³/mol. The van der Waals surface area contributed by atoms with E-state index in [2.05, 4.69) is 28.2 Å². The van der Waals surface area contributed by atoms with Crippen LogP contribution in [0.4, 0.5) is 5.69 Å². The minimum Gasteiger partial charge on any atom is -0.343 e. The number of hydrogen-bond donors (Lipinski definition) is 1. The van der Waals surface area contributed by atoms with E-state index in [-0.39, 0.29) is 17.0 Å². The van der Waals surface area contributed by atoms with Gasteiger partial charge in [0, 0.05) is 22.1 Å². The van der Waals surface area contributed by atoms with Crippen LogP contribution in [0.3, 0.4) is 0 Å². The number of nitrogens with one attached hydrogen (secondary N) is 1. The van der Waals surface area contributed by atoms with Gasteiger partial charge in [-0.25, -0.2) is 0 Å². The molecule has 4 rings (SSSR count). The number of aromatic nitrogens is 1. The average Bonchev–Trinajstić information content (AvgIpc) is 2.88. The summed E-state index contributed by atoms with van der Waals surface area (Å²) >= 11 is 9.56. The molecular weight excluding hydrogens is 404 g/mol. The molecule has 0 unspecified atom stereocenters. The van der Waals surface area contributed by atoms with Crippen LogP contribution in [0.5, 0.6) is 0 Å². The van der Waals surface area contributed by atoms with Crippen molar-refractivity contribution in [3.63, 3.8) is 0 Å². The van der Waals surface area contributed by atoms with Crippen LogP contribution in [0, 0.1) is 0 Å². The minimum absolute atomic E-state index is 0.116. The zero-order valence-corrected chi connectivity index (χ0v) is 15.7. The second kappa shape index (κ2) is 6.00. The molecule has 0 saturated heterocycles. The maximum Gasteiger partial charge on any atom is 0.261 e. The van der Waals surface area contributed by atoms with E-state index >= 15 is 0 Å². The van der Waals surface area contributed by atoms with E-state index in [1.807, 2.05) is 10.6 Å². The van der Waals surface area contributed by atoms with Crippen LogP contribution >= 0.6 is 27.5 Å². The number of carbonyl (C=O) groups is 1. The second-order valence-corrected chi connectivity index (χ2v) is 7.55. The van der Waals surface area contributed by atoms with Gasteiger partial charge < -0.3 is 9.88 Å². The number of amides is 1. The van der Waals surface area contributed by atoms with Crippen LogP contribution in [0.2, 0.25) is 5.02 Å². The number of benzene rings is 2. The van der Waals surface area contributed by atoms with Gasteiger partial charge in [-0.05, 0) is 43.2 Å². The van der Waals surface area contributed by atoms with E-state index in [0.29, 0.717) is 16.1 Å². The van der Waals surface area contributed by atoms with Crippen LogP contribution in [0.1, 0.15) is 28.9 Å². The summed E-state index contributed by atoms with van der Waals surface area (Å²) in [6, 6.07) is 11.0. The lowest BCUT2D eigenvalue weighted by molar-refractivity contribution is 0.102. The minimum atomic E-state index is -0.454. The highest BCUT2D eigenvalue weighted by molar-refractivity contribution is 9.10. The Labute approximate surface area is 157 Å². The predicted octanol–water partition coefficient (Wildman–Crippen LogP) is 4.79. The van der Waals surface area contributed by atoms with Crippen molar-refractivity contribution in [2.45, 2.75) is 19.4 Å². The Bertz CT molecular complexity index is 1090. The summed E-state index contributed by atoms with van der Waals surface area (Å²) in [4.78, 5) is 25.6. The van der Waals surface area contributed by atoms with Gasteiger partial charge in [-0.3, -0.25) is 9.59 Å². The zero-order chi connectivity index (χ0) is 17.7. The van der Waals surface area contributed by atoms with Crippen LogP contribution < -0.4 is 10.7 Å². The third-order valence-corrected chi connectivity index (χ3v) is 5.31. The van der Waals surface area contributed by atoms with E-state index < -0.39 is 5.91 Å². The summed E-state index contributed by atoms with van der Waals surface area (Å²) < 4.78 is 2.86. The van der Waals surface area contributed by atoms with Crippen molar-refractivity contribution in [2.75, 3.05) is 5.32 Å². The number of pyridine rings is 1. The van der Waals surface area contributed by atoms with Gasteiger partial charge in [0.1, 0.15) is 5.56 Å². The third-order valence-electron chi connectivity index (χ3n) is 4.53. The molecule has 1 amide bonds. The molecule has 6 heteroatoms. The Morgan fingerprint density at radius 1 is 1.32 bits per heavy atom. The van der Waals surface area contributed by atoms with Gasteiger partial charge in [0.2, 0.25) is 5.43 Å². The van der Waals surface area contributed by atoms with Crippen molar-refractivity contribution in [1.29, 1.82) is 0 Å². The van der Waals surface area contributed by atoms with Crippen molar-refractivity contribution in [3.05, 3.63) is 73.4 Å². The monoisotopic (exact) mass is 416 g/mol. The van der Waals surface area contributed by atoms with Gasteiger partial charge in [0.15, 0.2) is 0 Å². The molecule has 126 valence electrons. The van der Waals surface area contributed by atoms with E-state index in [1.54, 1.807) is 36.5 Å². The zero-order valence-electron chi connectivity index (χ0n) is 13.3. The highest BCUT2D eigenvalue weighted by atomic mass is 79.9. The molecule has 1 N–H and O–H groups in total. The number of nitrogens with zero attached hydrogens (tertiary/aromatic N) is 1. The molecule has 2 heterocycles. The maximum atomic E-state index is 12.9. The Kier molecular flexibility index (Phi) is 3.93. The van der Waals surface area contributed by atoms with E-state index in [9.17, 15) is 9.59 Å². The van der Waals surface area contributed by atoms with Crippen LogP contribution in [0.25, 0.3) is 10.9 Å². The molecule has 3 aromatic rings. The molecule has 0 spiro atoms. The van der Waals surface area contributed by atoms with Gasteiger partial charge in [-0.1, -0.05) is 39.7 Å². The summed E-state index contributed by atoms with van der Waals surface area (Å²) in [6.45, 7) is 2.08. The Morgan fingerprint density at radius 3 is 2.84 bits per heavy atom. The first-order chi connectivity index (χ1) is 12.0. The lowest BCUT2D eigenvalue weighted by Crippen LogP contribution is -2.24. The van der Waals surface area contributed by atoms with Crippen molar-refractivity contribution < 1.29 is 4.79 Å². The van der Waals surface area contributed by atoms with E-state index in [1.165, 1.54) is 0 Å². The number of halogens is 2. The fraction of sp³-hybridized carbons (Fsp3) is 0.158. The first-order valence-electron chi connectivity index (χ1n) is 7.89. The van der Waals surface area contributed by atoms with E-state index in [0.717, 1.165) is 22.0 Å².